The molecule has 0 fully saturated rings. The molecule has 0 amide bonds. The second-order valence-corrected chi connectivity index (χ2v) is 6.30. The zero-order valence-corrected chi connectivity index (χ0v) is 15.6. The van der Waals surface area contributed by atoms with E-state index >= 15 is 0 Å². The van der Waals surface area contributed by atoms with E-state index in [1.807, 2.05) is 66.7 Å². The largest absolute Gasteiger partial charge is 0.493 e. The first kappa shape index (κ1) is 18.6. The zero-order chi connectivity index (χ0) is 19.1. The van der Waals surface area contributed by atoms with E-state index in [1.54, 1.807) is 19.2 Å². The van der Waals surface area contributed by atoms with Crippen molar-refractivity contribution in [3.63, 3.8) is 0 Å². The quantitative estimate of drug-likeness (QED) is 0.392. The zero-order valence-electron chi connectivity index (χ0n) is 14.9. The minimum atomic E-state index is 0.459. The Labute approximate surface area is 164 Å². The third-order valence-electron chi connectivity index (χ3n) is 4.01. The van der Waals surface area contributed by atoms with Gasteiger partial charge in [-0.1, -0.05) is 60.1 Å². The fourth-order valence-electron chi connectivity index (χ4n) is 2.60. The van der Waals surface area contributed by atoms with Gasteiger partial charge in [-0.25, -0.2) is 0 Å². The highest BCUT2D eigenvalue weighted by molar-refractivity contribution is 6.30. The molecular formula is C23H18ClNO2. The number of benzene rings is 3. The Morgan fingerprint density at radius 2 is 1.74 bits per heavy atom. The molecule has 3 rings (SSSR count). The minimum absolute atomic E-state index is 0.459. The van der Waals surface area contributed by atoms with E-state index in [1.165, 1.54) is 0 Å². The SMILES string of the molecule is COc1cc(/C=C(/C#N)c2ccc(Cl)cc2)ccc1OCc1ccccc1. The monoisotopic (exact) mass is 375 g/mol. The molecule has 0 saturated heterocycles. The second kappa shape index (κ2) is 8.93. The van der Waals surface area contributed by atoms with E-state index < -0.39 is 0 Å². The minimum Gasteiger partial charge on any atom is -0.493 e. The van der Waals surface area contributed by atoms with Crippen LogP contribution in [0.15, 0.2) is 72.8 Å². The van der Waals surface area contributed by atoms with Gasteiger partial charge in [-0.3, -0.25) is 0 Å². The number of rotatable bonds is 6. The number of allylic oxidation sites excluding steroid dienone is 1. The van der Waals surface area contributed by atoms with Crippen molar-refractivity contribution in [3.8, 4) is 17.6 Å². The van der Waals surface area contributed by atoms with E-state index in [2.05, 4.69) is 6.07 Å². The molecule has 0 bridgehead atoms. The Balaban J connectivity index is 1.82. The predicted octanol–water partition coefficient (Wildman–Crippen LogP) is 5.99. The fourth-order valence-corrected chi connectivity index (χ4v) is 2.73. The fraction of sp³-hybridized carbons (Fsp3) is 0.0870. The summed E-state index contributed by atoms with van der Waals surface area (Å²) in [6.45, 7) is 0.459. The summed E-state index contributed by atoms with van der Waals surface area (Å²) in [5, 5.41) is 10.1. The summed E-state index contributed by atoms with van der Waals surface area (Å²) < 4.78 is 11.3. The van der Waals surface area contributed by atoms with Gasteiger partial charge in [0.2, 0.25) is 0 Å². The molecule has 0 spiro atoms. The van der Waals surface area contributed by atoms with Crippen molar-refractivity contribution in [2.75, 3.05) is 7.11 Å². The van der Waals surface area contributed by atoms with Crippen molar-refractivity contribution in [1.82, 2.24) is 0 Å². The molecule has 27 heavy (non-hydrogen) atoms. The van der Waals surface area contributed by atoms with Crippen LogP contribution < -0.4 is 9.47 Å². The Bertz CT molecular complexity index is 974. The number of hydrogen-bond acceptors (Lipinski definition) is 3. The van der Waals surface area contributed by atoms with E-state index in [4.69, 9.17) is 21.1 Å². The second-order valence-electron chi connectivity index (χ2n) is 5.86. The summed E-state index contributed by atoms with van der Waals surface area (Å²) >= 11 is 5.92. The van der Waals surface area contributed by atoms with Gasteiger partial charge in [0.15, 0.2) is 11.5 Å². The van der Waals surface area contributed by atoms with Crippen LogP contribution in [0.4, 0.5) is 0 Å². The molecule has 0 saturated carbocycles. The lowest BCUT2D eigenvalue weighted by atomic mass is 10.0. The molecule has 3 nitrogen and oxygen atoms in total. The maximum Gasteiger partial charge on any atom is 0.161 e. The van der Waals surface area contributed by atoms with E-state index in [0.29, 0.717) is 28.7 Å². The Kier molecular flexibility index (Phi) is 6.14. The van der Waals surface area contributed by atoms with Crippen LogP contribution in [0.25, 0.3) is 11.6 Å². The summed E-state index contributed by atoms with van der Waals surface area (Å²) in [4.78, 5) is 0. The lowest BCUT2D eigenvalue weighted by Gasteiger charge is -2.11. The van der Waals surface area contributed by atoms with Crippen LogP contribution >= 0.6 is 11.6 Å². The molecular weight excluding hydrogens is 358 g/mol. The maximum atomic E-state index is 9.49. The molecule has 3 aromatic rings. The molecule has 0 N–H and O–H groups in total. The number of nitrogens with zero attached hydrogens (tertiary/aromatic N) is 1. The van der Waals surface area contributed by atoms with Gasteiger partial charge in [0, 0.05) is 5.02 Å². The van der Waals surface area contributed by atoms with E-state index in [9.17, 15) is 5.26 Å². The Morgan fingerprint density at radius 3 is 2.41 bits per heavy atom. The van der Waals surface area contributed by atoms with Gasteiger partial charge in [0.25, 0.3) is 0 Å². The van der Waals surface area contributed by atoms with Crippen LogP contribution in [0.2, 0.25) is 5.02 Å². The van der Waals surface area contributed by atoms with Crippen molar-refractivity contribution < 1.29 is 9.47 Å². The van der Waals surface area contributed by atoms with Crippen molar-refractivity contribution in [1.29, 1.82) is 5.26 Å². The number of hydrogen-bond donors (Lipinski definition) is 0. The molecule has 0 heterocycles. The number of halogens is 1. The van der Waals surface area contributed by atoms with Crippen molar-refractivity contribution in [3.05, 3.63) is 94.5 Å². The highest BCUT2D eigenvalue weighted by Crippen LogP contribution is 2.30. The third-order valence-corrected chi connectivity index (χ3v) is 4.26. The summed E-state index contributed by atoms with van der Waals surface area (Å²) in [5.74, 6) is 1.27. The summed E-state index contributed by atoms with van der Waals surface area (Å²) in [5.41, 5.74) is 3.29. The predicted molar refractivity (Wildman–Crippen MR) is 109 cm³/mol. The molecule has 0 aliphatic heterocycles. The van der Waals surface area contributed by atoms with E-state index in [0.717, 1.165) is 16.7 Å². The first-order valence-electron chi connectivity index (χ1n) is 8.42. The van der Waals surface area contributed by atoms with Gasteiger partial charge in [-0.15, -0.1) is 0 Å². The van der Waals surface area contributed by atoms with Crippen molar-refractivity contribution >= 4 is 23.3 Å². The smallest absolute Gasteiger partial charge is 0.161 e. The standard InChI is InChI=1S/C23H18ClNO2/c1-26-23-14-18(13-20(15-25)19-8-10-21(24)11-9-19)7-12-22(23)27-16-17-5-3-2-4-6-17/h2-14H,16H2,1H3/b20-13-. The normalized spacial score (nSPS) is 10.9. The highest BCUT2D eigenvalue weighted by atomic mass is 35.5. The highest BCUT2D eigenvalue weighted by Gasteiger charge is 2.07. The van der Waals surface area contributed by atoms with Crippen LogP contribution in [-0.2, 0) is 6.61 Å². The summed E-state index contributed by atoms with van der Waals surface area (Å²) in [7, 11) is 1.60. The molecule has 0 aliphatic rings. The van der Waals surface area contributed by atoms with Gasteiger partial charge in [0.05, 0.1) is 18.8 Å². The molecule has 4 heteroatoms. The molecule has 0 aliphatic carbocycles. The molecule has 0 atom stereocenters. The molecule has 134 valence electrons. The van der Waals surface area contributed by atoms with Gasteiger partial charge in [0.1, 0.15) is 6.61 Å². The van der Waals surface area contributed by atoms with E-state index in [-0.39, 0.29) is 0 Å². The summed E-state index contributed by atoms with van der Waals surface area (Å²) in [6.07, 6.45) is 1.81. The van der Waals surface area contributed by atoms with Gasteiger partial charge >= 0.3 is 0 Å². The molecule has 0 aromatic heterocycles. The number of methoxy groups -OCH3 is 1. The third kappa shape index (κ3) is 4.91. The first-order chi connectivity index (χ1) is 13.2. The van der Waals surface area contributed by atoms with Gasteiger partial charge in [-0.05, 0) is 47.0 Å². The topological polar surface area (TPSA) is 42.2 Å². The lowest BCUT2D eigenvalue weighted by molar-refractivity contribution is 0.284. The van der Waals surface area contributed by atoms with Crippen LogP contribution in [0, 0.1) is 11.3 Å². The molecule has 0 radical (unpaired) electrons. The van der Waals surface area contributed by atoms with Crippen LogP contribution in [0.3, 0.4) is 0 Å². The van der Waals surface area contributed by atoms with Gasteiger partial charge < -0.3 is 9.47 Å². The Hall–Kier alpha value is -3.22. The average Bonchev–Trinajstić information content (AvgIpc) is 2.72. The van der Waals surface area contributed by atoms with Crippen LogP contribution in [-0.4, -0.2) is 7.11 Å². The van der Waals surface area contributed by atoms with Crippen molar-refractivity contribution in [2.45, 2.75) is 6.61 Å². The van der Waals surface area contributed by atoms with Crippen LogP contribution in [0.5, 0.6) is 11.5 Å². The van der Waals surface area contributed by atoms with Gasteiger partial charge in [-0.2, -0.15) is 5.26 Å². The lowest BCUT2D eigenvalue weighted by Crippen LogP contribution is -1.97. The Morgan fingerprint density at radius 1 is 1.00 bits per heavy atom. The first-order valence-corrected chi connectivity index (χ1v) is 8.80. The van der Waals surface area contributed by atoms with Crippen LogP contribution in [0.1, 0.15) is 16.7 Å². The molecule has 0 unspecified atom stereocenters. The number of ether oxygens (including phenoxy) is 2. The number of nitriles is 1. The summed E-state index contributed by atoms with van der Waals surface area (Å²) in [6, 6.07) is 25.0. The maximum absolute atomic E-state index is 9.49. The van der Waals surface area contributed by atoms with Crippen molar-refractivity contribution in [2.24, 2.45) is 0 Å². The molecule has 3 aromatic carbocycles. The average molecular weight is 376 g/mol.